The molecule has 114 valence electrons. The first-order valence-electron chi connectivity index (χ1n) is 6.20. The molecule has 1 amide bonds. The molecule has 0 spiro atoms. The summed E-state index contributed by atoms with van der Waals surface area (Å²) >= 11 is 0. The van der Waals surface area contributed by atoms with Crippen molar-refractivity contribution < 1.29 is 27.9 Å². The number of alkyl halides is 3. The van der Waals surface area contributed by atoms with Gasteiger partial charge < -0.3 is 10.0 Å². The van der Waals surface area contributed by atoms with Crippen LogP contribution in [0.4, 0.5) is 13.2 Å². The minimum absolute atomic E-state index is 0.0369. The van der Waals surface area contributed by atoms with Crippen molar-refractivity contribution in [2.75, 3.05) is 13.1 Å². The molecular weight excluding hydrogens is 291 g/mol. The number of halogens is 3. The Labute approximate surface area is 117 Å². The highest BCUT2D eigenvalue weighted by atomic mass is 19.4. The third-order valence-electron chi connectivity index (χ3n) is 3.21. The molecule has 1 saturated heterocycles. The standard InChI is InChI=1S/C12H12F3N3O3/c13-12(14,15)11-16-4-8(5-17-11)9(19)18-3-1-2-7(6-18)10(20)21/h4-5,7H,1-3,6H2,(H,20,21). The van der Waals surface area contributed by atoms with Crippen molar-refractivity contribution in [1.29, 1.82) is 0 Å². The van der Waals surface area contributed by atoms with E-state index >= 15 is 0 Å². The van der Waals surface area contributed by atoms with Crippen LogP contribution < -0.4 is 0 Å². The molecule has 0 bridgehead atoms. The van der Waals surface area contributed by atoms with Gasteiger partial charge in [-0.3, -0.25) is 9.59 Å². The molecule has 21 heavy (non-hydrogen) atoms. The van der Waals surface area contributed by atoms with E-state index in [2.05, 4.69) is 9.97 Å². The normalized spacial score (nSPS) is 19.4. The third kappa shape index (κ3) is 3.47. The average Bonchev–Trinajstić information content (AvgIpc) is 2.46. The Morgan fingerprint density at radius 1 is 1.29 bits per heavy atom. The fourth-order valence-electron chi connectivity index (χ4n) is 2.13. The highest BCUT2D eigenvalue weighted by molar-refractivity contribution is 5.94. The van der Waals surface area contributed by atoms with Crippen LogP contribution in [0.25, 0.3) is 0 Å². The minimum atomic E-state index is -4.67. The number of hydrogen-bond donors (Lipinski definition) is 1. The molecule has 1 N–H and O–H groups in total. The Kier molecular flexibility index (Phi) is 4.10. The van der Waals surface area contributed by atoms with E-state index in [-0.39, 0.29) is 12.1 Å². The quantitative estimate of drug-likeness (QED) is 0.893. The number of piperidine rings is 1. The van der Waals surface area contributed by atoms with Crippen molar-refractivity contribution in [2.24, 2.45) is 5.92 Å². The van der Waals surface area contributed by atoms with Crippen molar-refractivity contribution in [3.05, 3.63) is 23.8 Å². The van der Waals surface area contributed by atoms with Crippen LogP contribution in [-0.2, 0) is 11.0 Å². The summed E-state index contributed by atoms with van der Waals surface area (Å²) in [5.74, 6) is -3.52. The van der Waals surface area contributed by atoms with Crippen LogP contribution in [-0.4, -0.2) is 44.9 Å². The van der Waals surface area contributed by atoms with Crippen LogP contribution in [0.15, 0.2) is 12.4 Å². The lowest BCUT2D eigenvalue weighted by atomic mass is 9.98. The summed E-state index contributed by atoms with van der Waals surface area (Å²) in [5, 5.41) is 8.95. The first kappa shape index (κ1) is 15.2. The topological polar surface area (TPSA) is 83.4 Å². The maximum absolute atomic E-state index is 12.3. The number of carboxylic acids is 1. The Balaban J connectivity index is 2.11. The summed E-state index contributed by atoms with van der Waals surface area (Å²) in [5.41, 5.74) is -0.0889. The zero-order valence-corrected chi connectivity index (χ0v) is 10.8. The Morgan fingerprint density at radius 3 is 2.43 bits per heavy atom. The molecule has 1 aliphatic heterocycles. The van der Waals surface area contributed by atoms with Gasteiger partial charge in [-0.1, -0.05) is 0 Å². The second kappa shape index (κ2) is 5.66. The largest absolute Gasteiger partial charge is 0.481 e. The van der Waals surface area contributed by atoms with Crippen LogP contribution in [0.3, 0.4) is 0 Å². The number of carbonyl (C=O) groups is 2. The molecule has 1 unspecified atom stereocenters. The van der Waals surface area contributed by atoms with Gasteiger partial charge in [0.25, 0.3) is 5.91 Å². The molecule has 0 aliphatic carbocycles. The number of nitrogens with zero attached hydrogens (tertiary/aromatic N) is 3. The number of hydrogen-bond acceptors (Lipinski definition) is 4. The van der Waals surface area contributed by atoms with E-state index < -0.39 is 29.8 Å². The number of likely N-dealkylation sites (tertiary alicyclic amines) is 1. The summed E-state index contributed by atoms with van der Waals surface area (Å²) < 4.78 is 37.0. The van der Waals surface area contributed by atoms with Gasteiger partial charge in [0.15, 0.2) is 0 Å². The lowest BCUT2D eigenvalue weighted by Crippen LogP contribution is -2.42. The van der Waals surface area contributed by atoms with Gasteiger partial charge in [0.1, 0.15) is 0 Å². The van der Waals surface area contributed by atoms with E-state index in [1.807, 2.05) is 0 Å². The van der Waals surface area contributed by atoms with Crippen LogP contribution in [0.2, 0.25) is 0 Å². The maximum Gasteiger partial charge on any atom is 0.451 e. The van der Waals surface area contributed by atoms with Crippen molar-refractivity contribution in [1.82, 2.24) is 14.9 Å². The summed E-state index contributed by atoms with van der Waals surface area (Å²) in [7, 11) is 0. The molecule has 1 aromatic heterocycles. The Hall–Kier alpha value is -2.19. The van der Waals surface area contributed by atoms with Gasteiger partial charge in [0.2, 0.25) is 5.82 Å². The monoisotopic (exact) mass is 303 g/mol. The van der Waals surface area contributed by atoms with Crippen LogP contribution in [0.1, 0.15) is 29.0 Å². The zero-order valence-electron chi connectivity index (χ0n) is 10.8. The number of rotatable bonds is 2. The molecular formula is C12H12F3N3O3. The number of aliphatic carboxylic acids is 1. The predicted molar refractivity (Wildman–Crippen MR) is 63.3 cm³/mol. The van der Waals surface area contributed by atoms with Gasteiger partial charge in [0, 0.05) is 25.5 Å². The van der Waals surface area contributed by atoms with E-state index in [0.29, 0.717) is 19.4 Å². The molecule has 1 fully saturated rings. The fraction of sp³-hybridized carbons (Fsp3) is 0.500. The SMILES string of the molecule is O=C(O)C1CCCN(C(=O)c2cnc(C(F)(F)F)nc2)C1. The minimum Gasteiger partial charge on any atom is -0.481 e. The third-order valence-corrected chi connectivity index (χ3v) is 3.21. The van der Waals surface area contributed by atoms with Gasteiger partial charge in [-0.15, -0.1) is 0 Å². The Bertz CT molecular complexity index is 545. The lowest BCUT2D eigenvalue weighted by molar-refractivity contribution is -0.145. The average molecular weight is 303 g/mol. The molecule has 9 heteroatoms. The van der Waals surface area contributed by atoms with E-state index in [0.717, 1.165) is 12.4 Å². The Morgan fingerprint density at radius 2 is 1.90 bits per heavy atom. The van der Waals surface area contributed by atoms with Gasteiger partial charge in [-0.05, 0) is 12.8 Å². The number of carbonyl (C=O) groups excluding carboxylic acids is 1. The van der Waals surface area contributed by atoms with Gasteiger partial charge >= 0.3 is 12.1 Å². The molecule has 1 aromatic rings. The van der Waals surface area contributed by atoms with Crippen molar-refractivity contribution in [3.63, 3.8) is 0 Å². The second-order valence-electron chi connectivity index (χ2n) is 4.72. The number of aromatic nitrogens is 2. The van der Waals surface area contributed by atoms with E-state index in [4.69, 9.17) is 5.11 Å². The van der Waals surface area contributed by atoms with E-state index in [1.54, 1.807) is 0 Å². The molecule has 2 heterocycles. The highest BCUT2D eigenvalue weighted by Crippen LogP contribution is 2.25. The summed E-state index contributed by atoms with van der Waals surface area (Å²) in [4.78, 5) is 30.6. The van der Waals surface area contributed by atoms with Gasteiger partial charge in [0.05, 0.1) is 11.5 Å². The molecule has 6 nitrogen and oxygen atoms in total. The summed E-state index contributed by atoms with van der Waals surface area (Å²) in [6.45, 7) is 0.402. The smallest absolute Gasteiger partial charge is 0.451 e. The fourth-order valence-corrected chi connectivity index (χ4v) is 2.13. The number of carboxylic acid groups (broad SMARTS) is 1. The highest BCUT2D eigenvalue weighted by Gasteiger charge is 2.35. The van der Waals surface area contributed by atoms with Crippen LogP contribution in [0, 0.1) is 5.92 Å². The van der Waals surface area contributed by atoms with Crippen LogP contribution in [0.5, 0.6) is 0 Å². The van der Waals surface area contributed by atoms with Gasteiger partial charge in [-0.2, -0.15) is 13.2 Å². The molecule has 2 rings (SSSR count). The first-order chi connectivity index (χ1) is 9.79. The molecule has 0 aromatic carbocycles. The van der Waals surface area contributed by atoms with Crippen molar-refractivity contribution in [2.45, 2.75) is 19.0 Å². The first-order valence-corrected chi connectivity index (χ1v) is 6.20. The van der Waals surface area contributed by atoms with Crippen molar-refractivity contribution in [3.8, 4) is 0 Å². The zero-order chi connectivity index (χ0) is 15.6. The molecule has 1 aliphatic rings. The summed E-state index contributed by atoms with van der Waals surface area (Å²) in [6, 6.07) is 0. The maximum atomic E-state index is 12.3. The van der Waals surface area contributed by atoms with Crippen molar-refractivity contribution >= 4 is 11.9 Å². The second-order valence-corrected chi connectivity index (χ2v) is 4.72. The lowest BCUT2D eigenvalue weighted by Gasteiger charge is -2.30. The van der Waals surface area contributed by atoms with E-state index in [9.17, 15) is 22.8 Å². The number of amides is 1. The molecule has 0 saturated carbocycles. The summed E-state index contributed by atoms with van der Waals surface area (Å²) in [6.07, 6.45) is -2.04. The molecule has 1 atom stereocenters. The predicted octanol–water partition coefficient (Wildman–Crippen LogP) is 1.43. The molecule has 0 radical (unpaired) electrons. The van der Waals surface area contributed by atoms with Gasteiger partial charge in [-0.25, -0.2) is 9.97 Å². The van der Waals surface area contributed by atoms with Crippen LogP contribution >= 0.6 is 0 Å². The van der Waals surface area contributed by atoms with E-state index in [1.165, 1.54) is 4.90 Å².